The second-order valence-electron chi connectivity index (χ2n) is 3.07. The molecular formula is C9H10Br2O3S. The first kappa shape index (κ1) is 13.2. The SMILES string of the molecule is CCC(C(=O)O)C(O)c1cc(Br)c(Br)s1. The lowest BCUT2D eigenvalue weighted by Crippen LogP contribution is -2.20. The maximum absolute atomic E-state index is 10.9. The molecule has 84 valence electrons. The quantitative estimate of drug-likeness (QED) is 0.867. The predicted molar refractivity (Wildman–Crippen MR) is 66.1 cm³/mol. The van der Waals surface area contributed by atoms with Crippen LogP contribution in [0.1, 0.15) is 24.3 Å². The number of halogens is 2. The molecule has 0 spiro atoms. The zero-order valence-electron chi connectivity index (χ0n) is 7.91. The third-order valence-electron chi connectivity index (χ3n) is 2.09. The van der Waals surface area contributed by atoms with Crippen molar-refractivity contribution >= 4 is 49.2 Å². The molecule has 0 aliphatic carbocycles. The van der Waals surface area contributed by atoms with Crippen LogP contribution in [0.4, 0.5) is 0 Å². The third kappa shape index (κ3) is 3.03. The van der Waals surface area contributed by atoms with E-state index in [9.17, 15) is 9.90 Å². The van der Waals surface area contributed by atoms with Crippen molar-refractivity contribution < 1.29 is 15.0 Å². The van der Waals surface area contributed by atoms with Crippen molar-refractivity contribution in [2.75, 3.05) is 0 Å². The molecule has 1 rings (SSSR count). The molecule has 0 radical (unpaired) electrons. The molecule has 0 aliphatic rings. The van der Waals surface area contributed by atoms with Crippen LogP contribution in [0.2, 0.25) is 0 Å². The Morgan fingerprint density at radius 3 is 2.53 bits per heavy atom. The van der Waals surface area contributed by atoms with Crippen LogP contribution in [0.15, 0.2) is 14.3 Å². The summed E-state index contributed by atoms with van der Waals surface area (Å²) in [5.41, 5.74) is 0. The van der Waals surface area contributed by atoms with Gasteiger partial charge in [-0.15, -0.1) is 11.3 Å². The van der Waals surface area contributed by atoms with E-state index in [-0.39, 0.29) is 0 Å². The normalized spacial score (nSPS) is 14.9. The van der Waals surface area contributed by atoms with Gasteiger partial charge in [0.15, 0.2) is 0 Å². The zero-order valence-corrected chi connectivity index (χ0v) is 11.9. The van der Waals surface area contributed by atoms with Gasteiger partial charge >= 0.3 is 5.97 Å². The Bertz CT molecular complexity index is 345. The average Bonchev–Trinajstić information content (AvgIpc) is 2.47. The Hall–Kier alpha value is 0.0900. The molecule has 0 aliphatic heterocycles. The molecule has 0 bridgehead atoms. The van der Waals surface area contributed by atoms with Gasteiger partial charge in [0.2, 0.25) is 0 Å². The Morgan fingerprint density at radius 1 is 1.60 bits per heavy atom. The van der Waals surface area contributed by atoms with Crippen LogP contribution in [-0.4, -0.2) is 16.2 Å². The van der Waals surface area contributed by atoms with Crippen molar-refractivity contribution in [3.8, 4) is 0 Å². The fraction of sp³-hybridized carbons (Fsp3) is 0.444. The molecule has 3 nitrogen and oxygen atoms in total. The number of aliphatic carboxylic acids is 1. The van der Waals surface area contributed by atoms with Crippen molar-refractivity contribution in [2.45, 2.75) is 19.4 Å². The first-order valence-electron chi connectivity index (χ1n) is 4.33. The molecule has 1 aromatic rings. The summed E-state index contributed by atoms with van der Waals surface area (Å²) in [6.07, 6.45) is -0.538. The molecule has 1 heterocycles. The van der Waals surface area contributed by atoms with Crippen molar-refractivity contribution in [3.63, 3.8) is 0 Å². The summed E-state index contributed by atoms with van der Waals surface area (Å²) in [6, 6.07) is 1.74. The van der Waals surface area contributed by atoms with Gasteiger partial charge in [0.05, 0.1) is 9.70 Å². The van der Waals surface area contributed by atoms with E-state index in [0.717, 1.165) is 8.26 Å². The fourth-order valence-corrected chi connectivity index (χ4v) is 3.38. The van der Waals surface area contributed by atoms with Crippen LogP contribution in [0.3, 0.4) is 0 Å². The zero-order chi connectivity index (χ0) is 11.6. The monoisotopic (exact) mass is 356 g/mol. The van der Waals surface area contributed by atoms with E-state index in [2.05, 4.69) is 31.9 Å². The van der Waals surface area contributed by atoms with Gasteiger partial charge in [0.1, 0.15) is 6.10 Å². The standard InChI is InChI=1S/C9H10Br2O3S/c1-2-4(9(13)14)7(12)6-3-5(10)8(11)15-6/h3-4,7,12H,2H2,1H3,(H,13,14). The van der Waals surface area contributed by atoms with Crippen LogP contribution in [-0.2, 0) is 4.79 Å². The highest BCUT2D eigenvalue weighted by Crippen LogP contribution is 2.38. The number of rotatable bonds is 4. The number of carboxylic acid groups (broad SMARTS) is 1. The van der Waals surface area contributed by atoms with Crippen molar-refractivity contribution in [1.29, 1.82) is 0 Å². The maximum Gasteiger partial charge on any atom is 0.309 e. The Morgan fingerprint density at radius 2 is 2.20 bits per heavy atom. The Labute approximate surface area is 108 Å². The molecule has 0 amide bonds. The summed E-state index contributed by atoms with van der Waals surface area (Å²) in [7, 11) is 0. The molecular weight excluding hydrogens is 348 g/mol. The lowest BCUT2D eigenvalue weighted by Gasteiger charge is -2.15. The molecule has 2 unspecified atom stereocenters. The summed E-state index contributed by atoms with van der Waals surface area (Å²) >= 11 is 7.94. The van der Waals surface area contributed by atoms with E-state index in [4.69, 9.17) is 5.11 Å². The number of carbonyl (C=O) groups is 1. The highest BCUT2D eigenvalue weighted by atomic mass is 79.9. The Balaban J connectivity index is 2.92. The fourth-order valence-electron chi connectivity index (χ4n) is 1.24. The van der Waals surface area contributed by atoms with Gasteiger partial charge in [0.25, 0.3) is 0 Å². The lowest BCUT2D eigenvalue weighted by molar-refractivity contribution is -0.145. The first-order chi connectivity index (χ1) is 6.97. The van der Waals surface area contributed by atoms with Crippen LogP contribution >= 0.6 is 43.2 Å². The second-order valence-corrected chi connectivity index (χ2v) is 6.32. The average molecular weight is 358 g/mol. The van der Waals surface area contributed by atoms with Crippen molar-refractivity contribution in [2.24, 2.45) is 5.92 Å². The minimum atomic E-state index is -0.967. The number of aliphatic hydroxyl groups excluding tert-OH is 1. The van der Waals surface area contributed by atoms with Gasteiger partial charge < -0.3 is 10.2 Å². The summed E-state index contributed by atoms with van der Waals surface area (Å²) in [5, 5.41) is 18.8. The molecule has 6 heteroatoms. The summed E-state index contributed by atoms with van der Waals surface area (Å²) in [4.78, 5) is 11.5. The van der Waals surface area contributed by atoms with E-state index in [0.29, 0.717) is 11.3 Å². The Kier molecular flexibility index (Phi) is 4.76. The summed E-state index contributed by atoms with van der Waals surface area (Å²) in [6.45, 7) is 1.75. The van der Waals surface area contributed by atoms with Crippen LogP contribution < -0.4 is 0 Å². The number of hydrogen-bond acceptors (Lipinski definition) is 3. The van der Waals surface area contributed by atoms with Gasteiger partial charge in [-0.25, -0.2) is 0 Å². The molecule has 0 saturated heterocycles. The highest BCUT2D eigenvalue weighted by Gasteiger charge is 2.27. The summed E-state index contributed by atoms with van der Waals surface area (Å²) < 4.78 is 1.69. The van der Waals surface area contributed by atoms with Gasteiger partial charge in [-0.05, 0) is 44.3 Å². The molecule has 2 N–H and O–H groups in total. The first-order valence-corrected chi connectivity index (χ1v) is 6.73. The number of thiophene rings is 1. The number of aliphatic hydroxyl groups is 1. The minimum Gasteiger partial charge on any atom is -0.481 e. The maximum atomic E-state index is 10.9. The molecule has 0 fully saturated rings. The molecule has 2 atom stereocenters. The third-order valence-corrected chi connectivity index (χ3v) is 5.42. The van der Waals surface area contributed by atoms with E-state index in [1.807, 2.05) is 0 Å². The minimum absolute atomic E-state index is 0.406. The van der Waals surface area contributed by atoms with Gasteiger partial charge in [0, 0.05) is 9.35 Å². The topological polar surface area (TPSA) is 57.5 Å². The van der Waals surface area contributed by atoms with Crippen LogP contribution in [0, 0.1) is 5.92 Å². The van der Waals surface area contributed by atoms with Crippen LogP contribution in [0.5, 0.6) is 0 Å². The van der Waals surface area contributed by atoms with E-state index in [1.165, 1.54) is 11.3 Å². The molecule has 0 saturated carbocycles. The largest absolute Gasteiger partial charge is 0.481 e. The molecule has 1 aromatic heterocycles. The smallest absolute Gasteiger partial charge is 0.309 e. The predicted octanol–water partition coefficient (Wildman–Crippen LogP) is 3.42. The van der Waals surface area contributed by atoms with Crippen molar-refractivity contribution in [1.82, 2.24) is 0 Å². The van der Waals surface area contributed by atoms with Gasteiger partial charge in [-0.1, -0.05) is 6.92 Å². The number of hydrogen-bond donors (Lipinski definition) is 2. The molecule has 0 aromatic carbocycles. The number of carboxylic acids is 1. The van der Waals surface area contributed by atoms with Crippen molar-refractivity contribution in [3.05, 3.63) is 19.2 Å². The molecule has 15 heavy (non-hydrogen) atoms. The van der Waals surface area contributed by atoms with Crippen LogP contribution in [0.25, 0.3) is 0 Å². The van der Waals surface area contributed by atoms with E-state index >= 15 is 0 Å². The van der Waals surface area contributed by atoms with Gasteiger partial charge in [-0.2, -0.15) is 0 Å². The highest BCUT2D eigenvalue weighted by molar-refractivity contribution is 9.13. The van der Waals surface area contributed by atoms with E-state index in [1.54, 1.807) is 13.0 Å². The second kappa shape index (κ2) is 5.43. The summed E-state index contributed by atoms with van der Waals surface area (Å²) in [5.74, 6) is -1.71. The van der Waals surface area contributed by atoms with E-state index < -0.39 is 18.0 Å². The van der Waals surface area contributed by atoms with Gasteiger partial charge in [-0.3, -0.25) is 4.79 Å². The lowest BCUT2D eigenvalue weighted by atomic mass is 9.99.